The lowest BCUT2D eigenvalue weighted by Crippen LogP contribution is -2.39. The van der Waals surface area contributed by atoms with Crippen LogP contribution in [0.1, 0.15) is 17.0 Å². The maximum Gasteiger partial charge on any atom is 0.183 e. The summed E-state index contributed by atoms with van der Waals surface area (Å²) in [5, 5.41) is -0.691. The van der Waals surface area contributed by atoms with Gasteiger partial charge in [0.15, 0.2) is 9.84 Å². The molecule has 0 spiro atoms. The highest BCUT2D eigenvalue weighted by Crippen LogP contribution is 2.55. The zero-order chi connectivity index (χ0) is 16.8. The molecule has 0 amide bonds. The van der Waals surface area contributed by atoms with Crippen LogP contribution in [0.3, 0.4) is 0 Å². The maximum atomic E-state index is 13.0. The third-order valence-electron chi connectivity index (χ3n) is 4.57. The average molecular weight is 395 g/mol. The van der Waals surface area contributed by atoms with Crippen LogP contribution in [0.25, 0.3) is 0 Å². The molecular weight excluding hydrogens is 376 g/mol. The third kappa shape index (κ3) is 2.74. The minimum atomic E-state index is -3.53. The van der Waals surface area contributed by atoms with Crippen LogP contribution in [0.4, 0.5) is 0 Å². The summed E-state index contributed by atoms with van der Waals surface area (Å²) >= 11 is 3.38. The molecule has 1 aliphatic rings. The molecule has 4 nitrogen and oxygen atoms in total. The van der Waals surface area contributed by atoms with E-state index in [9.17, 15) is 8.42 Å². The molecule has 0 aromatic heterocycles. The standard InChI is InChI=1S/C17H19BrN2O2S/c1-11-2-8-14(9-3-11)23(21,22)16-15(17(16,20)10-19)12-4-6-13(18)7-5-12/h2-9,15-16H,10,19-20H2,1H3/t15-,16-,17+/m1/s1. The summed E-state index contributed by atoms with van der Waals surface area (Å²) in [6.45, 7) is 2.05. The fourth-order valence-corrected chi connectivity index (χ4v) is 5.75. The van der Waals surface area contributed by atoms with Crippen molar-refractivity contribution in [2.45, 2.75) is 28.5 Å². The predicted molar refractivity (Wildman–Crippen MR) is 95.0 cm³/mol. The van der Waals surface area contributed by atoms with Crippen molar-refractivity contribution in [1.82, 2.24) is 0 Å². The van der Waals surface area contributed by atoms with Crippen LogP contribution >= 0.6 is 15.9 Å². The largest absolute Gasteiger partial charge is 0.329 e. The van der Waals surface area contributed by atoms with Gasteiger partial charge < -0.3 is 11.5 Å². The lowest BCUT2D eigenvalue weighted by atomic mass is 10.1. The minimum Gasteiger partial charge on any atom is -0.329 e. The van der Waals surface area contributed by atoms with Gasteiger partial charge in [0.25, 0.3) is 0 Å². The number of hydrogen-bond donors (Lipinski definition) is 2. The summed E-state index contributed by atoms with van der Waals surface area (Å²) in [7, 11) is -3.53. The number of halogens is 1. The van der Waals surface area contributed by atoms with Crippen molar-refractivity contribution >= 4 is 25.8 Å². The van der Waals surface area contributed by atoms with Crippen molar-refractivity contribution in [1.29, 1.82) is 0 Å². The number of benzene rings is 2. The van der Waals surface area contributed by atoms with E-state index in [0.29, 0.717) is 4.90 Å². The molecule has 2 aromatic carbocycles. The van der Waals surface area contributed by atoms with Crippen LogP contribution < -0.4 is 11.5 Å². The summed E-state index contributed by atoms with van der Waals surface area (Å²) in [4.78, 5) is 0.302. The number of hydrogen-bond acceptors (Lipinski definition) is 4. The second-order valence-electron chi connectivity index (χ2n) is 6.12. The molecular formula is C17H19BrN2O2S. The van der Waals surface area contributed by atoms with Crippen LogP contribution in [-0.2, 0) is 9.84 Å². The second kappa shape index (κ2) is 5.70. The molecule has 0 heterocycles. The first-order chi connectivity index (χ1) is 10.8. The van der Waals surface area contributed by atoms with E-state index < -0.39 is 20.6 Å². The highest BCUT2D eigenvalue weighted by molar-refractivity contribution is 9.10. The van der Waals surface area contributed by atoms with Crippen LogP contribution in [0.15, 0.2) is 57.9 Å². The monoisotopic (exact) mass is 394 g/mol. The second-order valence-corrected chi connectivity index (χ2v) is 9.11. The molecule has 122 valence electrons. The first kappa shape index (κ1) is 16.6. The molecule has 0 aliphatic heterocycles. The first-order valence-corrected chi connectivity index (χ1v) is 9.69. The van der Waals surface area contributed by atoms with Gasteiger partial charge in [-0.1, -0.05) is 45.8 Å². The predicted octanol–water partition coefficient (Wildman–Crippen LogP) is 2.35. The molecule has 1 fully saturated rings. The molecule has 0 unspecified atom stereocenters. The molecule has 23 heavy (non-hydrogen) atoms. The van der Waals surface area contributed by atoms with E-state index in [1.54, 1.807) is 24.3 Å². The van der Waals surface area contributed by atoms with Crippen molar-refractivity contribution in [2.75, 3.05) is 6.54 Å². The Hall–Kier alpha value is -1.21. The fraction of sp³-hybridized carbons (Fsp3) is 0.294. The maximum absolute atomic E-state index is 13.0. The van der Waals surface area contributed by atoms with E-state index in [1.807, 2.05) is 31.2 Å². The van der Waals surface area contributed by atoms with Gasteiger partial charge >= 0.3 is 0 Å². The van der Waals surface area contributed by atoms with Crippen LogP contribution in [0.5, 0.6) is 0 Å². The molecule has 3 atom stereocenters. The number of aryl methyl sites for hydroxylation is 1. The molecule has 2 aromatic rings. The highest BCUT2D eigenvalue weighted by atomic mass is 79.9. The van der Waals surface area contributed by atoms with Gasteiger partial charge in [0.2, 0.25) is 0 Å². The van der Waals surface area contributed by atoms with E-state index in [1.165, 1.54) is 0 Å². The van der Waals surface area contributed by atoms with Crippen LogP contribution in [0.2, 0.25) is 0 Å². The topological polar surface area (TPSA) is 86.2 Å². The fourth-order valence-electron chi connectivity index (χ4n) is 3.16. The summed E-state index contributed by atoms with van der Waals surface area (Å²) in [5.74, 6) is -0.285. The van der Waals surface area contributed by atoms with Gasteiger partial charge in [-0.05, 0) is 36.8 Å². The van der Waals surface area contributed by atoms with Crippen LogP contribution in [-0.4, -0.2) is 25.8 Å². The Kier molecular flexibility index (Phi) is 4.13. The first-order valence-electron chi connectivity index (χ1n) is 7.35. The number of nitrogens with two attached hydrogens (primary N) is 2. The Morgan fingerprint density at radius 1 is 1.09 bits per heavy atom. The van der Waals surface area contributed by atoms with E-state index in [2.05, 4.69) is 15.9 Å². The Morgan fingerprint density at radius 2 is 1.65 bits per heavy atom. The van der Waals surface area contributed by atoms with Gasteiger partial charge in [-0.15, -0.1) is 0 Å². The molecule has 3 rings (SSSR count). The van der Waals surface area contributed by atoms with Gasteiger partial charge in [-0.3, -0.25) is 0 Å². The van der Waals surface area contributed by atoms with Gasteiger partial charge in [0.05, 0.1) is 15.7 Å². The van der Waals surface area contributed by atoms with Crippen molar-refractivity contribution < 1.29 is 8.42 Å². The average Bonchev–Trinajstić information content (AvgIpc) is 3.16. The zero-order valence-corrected chi connectivity index (χ0v) is 15.1. The van der Waals surface area contributed by atoms with Gasteiger partial charge in [-0.25, -0.2) is 8.42 Å². The molecule has 0 saturated heterocycles. The smallest absolute Gasteiger partial charge is 0.183 e. The molecule has 4 N–H and O–H groups in total. The summed E-state index contributed by atoms with van der Waals surface area (Å²) in [6, 6.07) is 14.4. The van der Waals surface area contributed by atoms with Crippen molar-refractivity contribution in [2.24, 2.45) is 11.5 Å². The summed E-state index contributed by atoms with van der Waals surface area (Å²) in [6.07, 6.45) is 0. The Balaban J connectivity index is 2.01. The normalized spacial score (nSPS) is 27.0. The van der Waals surface area contributed by atoms with Crippen molar-refractivity contribution in [3.63, 3.8) is 0 Å². The van der Waals surface area contributed by atoms with Crippen LogP contribution in [0, 0.1) is 6.92 Å². The molecule has 0 radical (unpaired) electrons. The van der Waals surface area contributed by atoms with E-state index >= 15 is 0 Å². The van der Waals surface area contributed by atoms with E-state index in [0.717, 1.165) is 15.6 Å². The highest BCUT2D eigenvalue weighted by Gasteiger charge is 2.68. The Labute approximate surface area is 144 Å². The zero-order valence-electron chi connectivity index (χ0n) is 12.7. The molecule has 1 saturated carbocycles. The quantitative estimate of drug-likeness (QED) is 0.832. The lowest BCUT2D eigenvalue weighted by molar-refractivity contribution is 0.586. The summed E-state index contributed by atoms with van der Waals surface area (Å²) in [5.41, 5.74) is 13.2. The number of rotatable bonds is 4. The van der Waals surface area contributed by atoms with E-state index in [-0.39, 0.29) is 12.5 Å². The Morgan fingerprint density at radius 3 is 2.17 bits per heavy atom. The molecule has 0 bridgehead atoms. The SMILES string of the molecule is Cc1ccc(S(=O)(=O)[C@@H]2[C@@H](c3ccc(Br)cc3)[C@@]2(N)CN)cc1. The van der Waals surface area contributed by atoms with Crippen molar-refractivity contribution in [3.8, 4) is 0 Å². The Bertz CT molecular complexity index is 819. The molecule has 1 aliphatic carbocycles. The number of sulfone groups is 1. The van der Waals surface area contributed by atoms with Gasteiger partial charge in [-0.2, -0.15) is 0 Å². The van der Waals surface area contributed by atoms with E-state index in [4.69, 9.17) is 11.5 Å². The molecule has 6 heteroatoms. The third-order valence-corrected chi connectivity index (χ3v) is 7.41. The lowest BCUT2D eigenvalue weighted by Gasteiger charge is -2.09. The minimum absolute atomic E-state index is 0.128. The van der Waals surface area contributed by atoms with Gasteiger partial charge in [0.1, 0.15) is 0 Å². The van der Waals surface area contributed by atoms with Gasteiger partial charge in [0, 0.05) is 16.9 Å². The summed E-state index contributed by atoms with van der Waals surface area (Å²) < 4.78 is 26.9. The van der Waals surface area contributed by atoms with Crippen molar-refractivity contribution in [3.05, 3.63) is 64.1 Å².